The van der Waals surface area contributed by atoms with Crippen molar-refractivity contribution in [2.75, 3.05) is 39.4 Å². The predicted molar refractivity (Wildman–Crippen MR) is 97.3 cm³/mol. The molecule has 4 heterocycles. The van der Waals surface area contributed by atoms with E-state index in [2.05, 4.69) is 10.4 Å². The van der Waals surface area contributed by atoms with Gasteiger partial charge in [0.2, 0.25) is 5.91 Å². The van der Waals surface area contributed by atoms with Crippen LogP contribution >= 0.6 is 0 Å². The van der Waals surface area contributed by atoms with Gasteiger partial charge in [-0.3, -0.25) is 9.48 Å². The van der Waals surface area contributed by atoms with Gasteiger partial charge in [0.1, 0.15) is 12.3 Å². The molecule has 3 aliphatic heterocycles. The van der Waals surface area contributed by atoms with Gasteiger partial charge in [-0.15, -0.1) is 0 Å². The fraction of sp³-hybridized carbons (Fsp3) is 0.737. The minimum absolute atomic E-state index is 0.0406. The Kier molecular flexibility index (Phi) is 4.16. The number of carbonyl (C=O) groups is 2. The van der Waals surface area contributed by atoms with Gasteiger partial charge in [0.05, 0.1) is 18.3 Å². The lowest BCUT2D eigenvalue weighted by atomic mass is 9.56. The summed E-state index contributed by atoms with van der Waals surface area (Å²) in [6, 6.07) is -0.0406. The third-order valence-corrected chi connectivity index (χ3v) is 6.83. The van der Waals surface area contributed by atoms with Crippen LogP contribution in [0.3, 0.4) is 0 Å². The molecule has 3 saturated heterocycles. The molecule has 30 heavy (non-hydrogen) atoms. The van der Waals surface area contributed by atoms with Crippen LogP contribution < -0.4 is 5.32 Å². The fourth-order valence-corrected chi connectivity index (χ4v) is 5.67. The molecule has 0 bridgehead atoms. The van der Waals surface area contributed by atoms with Crippen LogP contribution in [0.15, 0.2) is 6.20 Å². The number of aromatic nitrogens is 2. The summed E-state index contributed by atoms with van der Waals surface area (Å²) in [5.74, 6) is 0.0356. The van der Waals surface area contributed by atoms with Crippen molar-refractivity contribution < 1.29 is 27.5 Å². The van der Waals surface area contributed by atoms with Crippen molar-refractivity contribution in [2.24, 2.45) is 18.4 Å². The number of amides is 3. The highest BCUT2D eigenvalue weighted by Gasteiger charge is 2.56. The number of urea groups is 1. The van der Waals surface area contributed by atoms with Crippen molar-refractivity contribution in [1.29, 1.82) is 0 Å². The van der Waals surface area contributed by atoms with E-state index in [4.69, 9.17) is 4.74 Å². The normalized spacial score (nSPS) is 25.0. The zero-order valence-electron chi connectivity index (χ0n) is 16.7. The summed E-state index contributed by atoms with van der Waals surface area (Å²) >= 11 is 0. The molecule has 1 aliphatic carbocycles. The van der Waals surface area contributed by atoms with E-state index >= 15 is 0 Å². The van der Waals surface area contributed by atoms with Crippen LogP contribution in [0.25, 0.3) is 0 Å². The van der Waals surface area contributed by atoms with Gasteiger partial charge >= 0.3 is 12.2 Å². The third-order valence-electron chi connectivity index (χ3n) is 6.83. The highest BCUT2D eigenvalue weighted by molar-refractivity contribution is 5.81. The van der Waals surface area contributed by atoms with E-state index in [0.717, 1.165) is 17.5 Å². The van der Waals surface area contributed by atoms with Gasteiger partial charge in [-0.25, -0.2) is 4.79 Å². The van der Waals surface area contributed by atoms with Crippen LogP contribution in [-0.4, -0.2) is 76.5 Å². The van der Waals surface area contributed by atoms with Crippen LogP contribution in [0.2, 0.25) is 0 Å². The van der Waals surface area contributed by atoms with Crippen LogP contribution in [0.4, 0.5) is 18.0 Å². The SMILES string of the molecule is Cn1ncc(CC2CC3(C2)CN(C(=O)N2CC4(COCC(=O)N4)C2)C3)c1C(F)(F)F. The van der Waals surface area contributed by atoms with Crippen LogP contribution in [0.1, 0.15) is 24.1 Å². The summed E-state index contributed by atoms with van der Waals surface area (Å²) in [7, 11) is 1.31. The number of rotatable bonds is 2. The highest BCUT2D eigenvalue weighted by Crippen LogP contribution is 2.53. The van der Waals surface area contributed by atoms with E-state index in [9.17, 15) is 22.8 Å². The van der Waals surface area contributed by atoms with Crippen LogP contribution in [-0.2, 0) is 29.2 Å². The number of halogens is 3. The second-order valence-electron chi connectivity index (χ2n) is 9.43. The molecule has 2 spiro atoms. The molecule has 1 N–H and O–H groups in total. The topological polar surface area (TPSA) is 79.7 Å². The Morgan fingerprint density at radius 3 is 2.57 bits per heavy atom. The zero-order valence-corrected chi connectivity index (χ0v) is 16.7. The van der Waals surface area contributed by atoms with Crippen molar-refractivity contribution in [3.05, 3.63) is 17.5 Å². The van der Waals surface area contributed by atoms with Gasteiger partial charge < -0.3 is 19.9 Å². The van der Waals surface area contributed by atoms with Crippen LogP contribution in [0.5, 0.6) is 0 Å². The zero-order chi connectivity index (χ0) is 21.3. The number of hydrogen-bond donors (Lipinski definition) is 1. The summed E-state index contributed by atoms with van der Waals surface area (Å²) in [6.45, 7) is 2.68. The second-order valence-corrected chi connectivity index (χ2v) is 9.43. The maximum absolute atomic E-state index is 13.2. The van der Waals surface area contributed by atoms with E-state index in [0.29, 0.717) is 39.2 Å². The summed E-state index contributed by atoms with van der Waals surface area (Å²) in [5.41, 5.74) is -0.820. The number of aryl methyl sites for hydroxylation is 1. The molecule has 1 saturated carbocycles. The first kappa shape index (κ1) is 19.7. The number of ether oxygens (including phenoxy) is 1. The number of nitrogens with one attached hydrogen (secondary N) is 1. The van der Waals surface area contributed by atoms with Crippen molar-refractivity contribution in [2.45, 2.75) is 31.0 Å². The smallest absolute Gasteiger partial charge is 0.369 e. The van der Waals surface area contributed by atoms with Gasteiger partial charge in [0.25, 0.3) is 0 Å². The minimum atomic E-state index is -4.40. The molecule has 3 amide bonds. The van der Waals surface area contributed by atoms with Crippen LogP contribution in [0, 0.1) is 11.3 Å². The van der Waals surface area contributed by atoms with E-state index in [1.165, 1.54) is 13.2 Å². The molecule has 5 rings (SSSR count). The Bertz CT molecular complexity index is 878. The molecule has 4 fully saturated rings. The molecular weight excluding hydrogens is 403 g/mol. The first-order valence-electron chi connectivity index (χ1n) is 10.1. The summed E-state index contributed by atoms with van der Waals surface area (Å²) in [6.07, 6.45) is -1.06. The Balaban J connectivity index is 1.10. The van der Waals surface area contributed by atoms with Crippen molar-refractivity contribution >= 4 is 11.9 Å². The maximum atomic E-state index is 13.2. The number of hydrogen-bond acceptors (Lipinski definition) is 4. The number of morpholine rings is 1. The number of nitrogens with zero attached hydrogens (tertiary/aromatic N) is 4. The molecule has 0 atom stereocenters. The molecule has 0 unspecified atom stereocenters. The molecule has 11 heteroatoms. The van der Waals surface area contributed by atoms with Crippen molar-refractivity contribution in [3.63, 3.8) is 0 Å². The van der Waals surface area contributed by atoms with Gasteiger partial charge in [-0.2, -0.15) is 18.3 Å². The molecule has 0 radical (unpaired) electrons. The lowest BCUT2D eigenvalue weighted by molar-refractivity contribution is -0.144. The molecule has 0 aromatic carbocycles. The average molecular weight is 427 g/mol. The Morgan fingerprint density at radius 2 is 1.93 bits per heavy atom. The summed E-state index contributed by atoms with van der Waals surface area (Å²) in [5, 5.41) is 6.69. The highest BCUT2D eigenvalue weighted by atomic mass is 19.4. The molecular formula is C19H24F3N5O3. The van der Waals surface area contributed by atoms with Gasteiger partial charge in [-0.05, 0) is 25.2 Å². The van der Waals surface area contributed by atoms with Gasteiger partial charge in [-0.1, -0.05) is 0 Å². The average Bonchev–Trinajstić information content (AvgIpc) is 2.93. The second kappa shape index (κ2) is 6.35. The largest absolute Gasteiger partial charge is 0.433 e. The summed E-state index contributed by atoms with van der Waals surface area (Å²) in [4.78, 5) is 27.6. The van der Waals surface area contributed by atoms with E-state index < -0.39 is 17.4 Å². The minimum Gasteiger partial charge on any atom is -0.369 e. The van der Waals surface area contributed by atoms with Crippen molar-refractivity contribution in [3.8, 4) is 0 Å². The quantitative estimate of drug-likeness (QED) is 0.764. The summed E-state index contributed by atoms with van der Waals surface area (Å²) < 4.78 is 45.8. The van der Waals surface area contributed by atoms with E-state index in [-0.39, 0.29) is 35.4 Å². The fourth-order valence-electron chi connectivity index (χ4n) is 5.67. The Labute approximate surface area is 171 Å². The lowest BCUT2D eigenvalue weighted by Gasteiger charge is -2.61. The predicted octanol–water partition coefficient (Wildman–Crippen LogP) is 1.01. The number of carbonyl (C=O) groups excluding carboxylic acids is 2. The molecule has 4 aliphatic rings. The monoisotopic (exact) mass is 427 g/mol. The molecule has 164 valence electrons. The number of likely N-dealkylation sites (tertiary alicyclic amines) is 2. The van der Waals surface area contributed by atoms with Crippen molar-refractivity contribution in [1.82, 2.24) is 24.9 Å². The number of alkyl halides is 3. The standard InChI is InChI=1S/C19H24F3N5O3/c1-25-15(19(20,21)22)13(5-23-25)2-12-3-17(4-12)7-26(8-17)16(29)27-9-18(10-27)11-30-6-14(28)24-18/h5,12H,2-4,6-11H2,1H3,(H,24,28). The maximum Gasteiger partial charge on any atom is 0.433 e. The first-order valence-corrected chi connectivity index (χ1v) is 10.1. The van der Waals surface area contributed by atoms with Gasteiger partial charge in [0.15, 0.2) is 0 Å². The van der Waals surface area contributed by atoms with E-state index in [1.54, 1.807) is 9.80 Å². The molecule has 1 aromatic heterocycles. The van der Waals surface area contributed by atoms with E-state index in [1.807, 2.05) is 0 Å². The molecule has 8 nitrogen and oxygen atoms in total. The molecule has 1 aromatic rings. The van der Waals surface area contributed by atoms with Gasteiger partial charge in [0, 0.05) is 44.2 Å². The first-order chi connectivity index (χ1) is 14.1. The lowest BCUT2D eigenvalue weighted by Crippen LogP contribution is -2.78. The Morgan fingerprint density at radius 1 is 1.27 bits per heavy atom. The Hall–Kier alpha value is -2.30. The third kappa shape index (κ3) is 3.14.